The fourth-order valence-electron chi connectivity index (χ4n) is 3.00. The molecule has 1 heterocycles. The Labute approximate surface area is 180 Å². The van der Waals surface area contributed by atoms with Gasteiger partial charge in [-0.25, -0.2) is 8.42 Å². The second-order valence-electron chi connectivity index (χ2n) is 5.98. The Bertz CT molecular complexity index is 953. The number of halogens is 2. The number of hydrogen-bond donors (Lipinski definition) is 0. The van der Waals surface area contributed by atoms with Gasteiger partial charge in [-0.2, -0.15) is 4.31 Å². The highest BCUT2D eigenvalue weighted by Gasteiger charge is 2.39. The maximum atomic E-state index is 13.5. The van der Waals surface area contributed by atoms with Crippen molar-refractivity contribution in [2.75, 3.05) is 25.5 Å². The Kier molecular flexibility index (Phi) is 7.04. The molecule has 0 aliphatic carbocycles. The molecule has 3 rings (SSSR count). The molecule has 0 aromatic heterocycles. The molecule has 152 valence electrons. The van der Waals surface area contributed by atoms with Gasteiger partial charge in [0.05, 0.1) is 18.6 Å². The first kappa shape index (κ1) is 21.6. The van der Waals surface area contributed by atoms with Crippen LogP contribution < -0.4 is 9.47 Å². The highest BCUT2D eigenvalue weighted by molar-refractivity contribution is 8.01. The van der Waals surface area contributed by atoms with E-state index in [1.165, 1.54) is 22.1 Å². The van der Waals surface area contributed by atoms with Gasteiger partial charge in [-0.1, -0.05) is 29.3 Å². The minimum absolute atomic E-state index is 0.121. The summed E-state index contributed by atoms with van der Waals surface area (Å²) in [5.41, 5.74) is 0.723. The first-order chi connectivity index (χ1) is 13.4. The van der Waals surface area contributed by atoms with E-state index in [9.17, 15) is 8.42 Å². The molecule has 0 saturated carbocycles. The summed E-state index contributed by atoms with van der Waals surface area (Å²) < 4.78 is 39.5. The van der Waals surface area contributed by atoms with E-state index >= 15 is 0 Å². The molecule has 28 heavy (non-hydrogen) atoms. The Morgan fingerprint density at radius 2 is 1.86 bits per heavy atom. The van der Waals surface area contributed by atoms with Gasteiger partial charge in [-0.05, 0) is 43.7 Å². The van der Waals surface area contributed by atoms with Crippen LogP contribution in [-0.2, 0) is 10.0 Å². The van der Waals surface area contributed by atoms with Crippen molar-refractivity contribution in [2.45, 2.75) is 24.1 Å². The average Bonchev–Trinajstić information content (AvgIpc) is 3.13. The predicted molar refractivity (Wildman–Crippen MR) is 114 cm³/mol. The third kappa shape index (κ3) is 4.39. The molecule has 2 aromatic carbocycles. The molecule has 0 radical (unpaired) electrons. The van der Waals surface area contributed by atoms with Crippen LogP contribution in [0.4, 0.5) is 0 Å². The second kappa shape index (κ2) is 9.13. The monoisotopic (exact) mass is 461 g/mol. The van der Waals surface area contributed by atoms with Crippen LogP contribution in [0.3, 0.4) is 0 Å². The van der Waals surface area contributed by atoms with Crippen molar-refractivity contribution < 1.29 is 17.9 Å². The largest absolute Gasteiger partial charge is 0.494 e. The molecule has 9 heteroatoms. The fourth-order valence-corrected chi connectivity index (χ4v) is 6.96. The van der Waals surface area contributed by atoms with Gasteiger partial charge >= 0.3 is 0 Å². The molecule has 5 nitrogen and oxygen atoms in total. The van der Waals surface area contributed by atoms with E-state index in [1.807, 2.05) is 13.8 Å². The van der Waals surface area contributed by atoms with Crippen molar-refractivity contribution >= 4 is 45.0 Å². The lowest BCUT2D eigenvalue weighted by Crippen LogP contribution is -2.31. The average molecular weight is 462 g/mol. The molecule has 2 aromatic rings. The van der Waals surface area contributed by atoms with Crippen molar-refractivity contribution in [3.8, 4) is 11.5 Å². The highest BCUT2D eigenvalue weighted by atomic mass is 35.5. The van der Waals surface area contributed by atoms with Gasteiger partial charge in [-0.15, -0.1) is 11.8 Å². The molecule has 0 N–H and O–H groups in total. The predicted octanol–water partition coefficient (Wildman–Crippen LogP) is 5.23. The van der Waals surface area contributed by atoms with Crippen LogP contribution in [0.5, 0.6) is 11.5 Å². The molecule has 1 aliphatic rings. The molecule has 0 spiro atoms. The van der Waals surface area contributed by atoms with Crippen LogP contribution in [0, 0.1) is 0 Å². The summed E-state index contributed by atoms with van der Waals surface area (Å²) in [5.74, 6) is 1.52. The summed E-state index contributed by atoms with van der Waals surface area (Å²) in [7, 11) is -3.81. The highest BCUT2D eigenvalue weighted by Crippen LogP contribution is 2.45. The minimum atomic E-state index is -3.81. The molecular weight excluding hydrogens is 441 g/mol. The molecule has 1 unspecified atom stereocenters. The SMILES string of the molecule is CCOc1ccc(S(=O)(=O)N2CCSC2c2ccc(Cl)cc2Cl)c(OCC)c1. The Hall–Kier alpha value is -1.12. The number of thioether (sulfide) groups is 1. The van der Waals surface area contributed by atoms with Crippen LogP contribution in [-0.4, -0.2) is 38.2 Å². The third-order valence-electron chi connectivity index (χ3n) is 4.19. The van der Waals surface area contributed by atoms with E-state index in [2.05, 4.69) is 0 Å². The van der Waals surface area contributed by atoms with Crippen LogP contribution in [0.25, 0.3) is 0 Å². The van der Waals surface area contributed by atoms with Crippen molar-refractivity contribution in [3.63, 3.8) is 0 Å². The van der Waals surface area contributed by atoms with Crippen LogP contribution >= 0.6 is 35.0 Å². The summed E-state index contributed by atoms with van der Waals surface area (Å²) in [5, 5.41) is 0.538. The lowest BCUT2D eigenvalue weighted by atomic mass is 10.2. The molecular formula is C19H21Cl2NO4S2. The van der Waals surface area contributed by atoms with Crippen molar-refractivity contribution in [3.05, 3.63) is 52.0 Å². The standard InChI is InChI=1S/C19H21Cl2NO4S2/c1-3-25-14-6-8-18(17(12-14)26-4-2)28(23,24)22-9-10-27-19(22)15-7-5-13(20)11-16(15)21/h5-8,11-12,19H,3-4,9-10H2,1-2H3. The molecule has 0 amide bonds. The van der Waals surface area contributed by atoms with Crippen LogP contribution in [0.2, 0.25) is 10.0 Å². The zero-order valence-electron chi connectivity index (χ0n) is 15.5. The first-order valence-electron chi connectivity index (χ1n) is 8.86. The van der Waals surface area contributed by atoms with Gasteiger partial charge in [-0.3, -0.25) is 0 Å². The van der Waals surface area contributed by atoms with Gasteiger partial charge in [0.1, 0.15) is 16.4 Å². The molecule has 1 saturated heterocycles. The Balaban J connectivity index is 2.01. The van der Waals surface area contributed by atoms with Crippen molar-refractivity contribution in [1.29, 1.82) is 0 Å². The number of nitrogens with zero attached hydrogens (tertiary/aromatic N) is 1. The van der Waals surface area contributed by atoms with E-state index in [1.54, 1.807) is 30.3 Å². The first-order valence-corrected chi connectivity index (χ1v) is 12.1. The second-order valence-corrected chi connectivity index (χ2v) is 9.87. The third-order valence-corrected chi connectivity index (χ3v) is 8.03. The summed E-state index contributed by atoms with van der Waals surface area (Å²) in [4.78, 5) is 0.121. The van der Waals surface area contributed by atoms with E-state index in [4.69, 9.17) is 32.7 Å². The maximum absolute atomic E-state index is 13.5. The quantitative estimate of drug-likeness (QED) is 0.564. The minimum Gasteiger partial charge on any atom is -0.494 e. The molecule has 0 bridgehead atoms. The van der Waals surface area contributed by atoms with Crippen molar-refractivity contribution in [2.24, 2.45) is 0 Å². The molecule has 1 aliphatic heterocycles. The van der Waals surface area contributed by atoms with Gasteiger partial charge < -0.3 is 9.47 Å². The zero-order chi connectivity index (χ0) is 20.3. The normalized spacial score (nSPS) is 17.6. The fraction of sp³-hybridized carbons (Fsp3) is 0.368. The molecule has 1 fully saturated rings. The number of benzene rings is 2. The van der Waals surface area contributed by atoms with Gasteiger partial charge in [0.25, 0.3) is 0 Å². The van der Waals surface area contributed by atoms with Gasteiger partial charge in [0, 0.05) is 28.4 Å². The lowest BCUT2D eigenvalue weighted by Gasteiger charge is -2.25. The number of rotatable bonds is 7. The molecule has 1 atom stereocenters. The number of hydrogen-bond acceptors (Lipinski definition) is 5. The zero-order valence-corrected chi connectivity index (χ0v) is 18.7. The van der Waals surface area contributed by atoms with E-state index < -0.39 is 15.4 Å². The van der Waals surface area contributed by atoms with Crippen LogP contribution in [0.1, 0.15) is 24.8 Å². The number of ether oxygens (including phenoxy) is 2. The summed E-state index contributed by atoms with van der Waals surface area (Å²) >= 11 is 13.9. The summed E-state index contributed by atoms with van der Waals surface area (Å²) in [6, 6.07) is 9.92. The Morgan fingerprint density at radius 3 is 2.54 bits per heavy atom. The summed E-state index contributed by atoms with van der Waals surface area (Å²) in [6.07, 6.45) is 0. The van der Waals surface area contributed by atoms with E-state index in [0.29, 0.717) is 41.3 Å². The topological polar surface area (TPSA) is 55.8 Å². The van der Waals surface area contributed by atoms with Gasteiger partial charge in [0.2, 0.25) is 10.0 Å². The van der Waals surface area contributed by atoms with Gasteiger partial charge in [0.15, 0.2) is 0 Å². The number of sulfonamides is 1. The smallest absolute Gasteiger partial charge is 0.248 e. The lowest BCUT2D eigenvalue weighted by molar-refractivity contribution is 0.315. The van der Waals surface area contributed by atoms with Crippen molar-refractivity contribution in [1.82, 2.24) is 4.31 Å². The maximum Gasteiger partial charge on any atom is 0.248 e. The summed E-state index contributed by atoms with van der Waals surface area (Å²) in [6.45, 7) is 4.89. The Morgan fingerprint density at radius 1 is 1.11 bits per heavy atom. The van der Waals surface area contributed by atoms with E-state index in [-0.39, 0.29) is 10.6 Å². The van der Waals surface area contributed by atoms with E-state index in [0.717, 1.165) is 5.56 Å². The van der Waals surface area contributed by atoms with Crippen LogP contribution in [0.15, 0.2) is 41.3 Å².